The summed E-state index contributed by atoms with van der Waals surface area (Å²) in [7, 11) is 0. The Morgan fingerprint density at radius 3 is 2.62 bits per heavy atom. The minimum absolute atomic E-state index is 0.142. The Kier molecular flexibility index (Phi) is 6.56. The highest BCUT2D eigenvalue weighted by atomic mass is 16.6. The number of aliphatic hydroxyl groups is 2. The van der Waals surface area contributed by atoms with E-state index in [1.54, 1.807) is 19.1 Å². The third-order valence-corrected chi connectivity index (χ3v) is 4.68. The van der Waals surface area contributed by atoms with Crippen molar-refractivity contribution in [1.82, 2.24) is 0 Å². The quantitative estimate of drug-likeness (QED) is 0.453. The maximum atomic E-state index is 12.3. The van der Waals surface area contributed by atoms with Gasteiger partial charge in [0.2, 0.25) is 0 Å². The van der Waals surface area contributed by atoms with Gasteiger partial charge in [-0.25, -0.2) is 9.59 Å². The van der Waals surface area contributed by atoms with Gasteiger partial charge in [0.1, 0.15) is 12.2 Å². The molecule has 6 heteroatoms. The molecule has 0 radical (unpaired) electrons. The van der Waals surface area contributed by atoms with Gasteiger partial charge in [-0.2, -0.15) is 0 Å². The van der Waals surface area contributed by atoms with Crippen molar-refractivity contribution in [3.8, 4) is 0 Å². The molecular weight excluding hydrogens is 336 g/mol. The molecule has 0 amide bonds. The van der Waals surface area contributed by atoms with Crippen molar-refractivity contribution in [1.29, 1.82) is 0 Å². The van der Waals surface area contributed by atoms with Crippen LogP contribution in [0.25, 0.3) is 0 Å². The first-order chi connectivity index (χ1) is 12.3. The third kappa shape index (κ3) is 4.51. The summed E-state index contributed by atoms with van der Waals surface area (Å²) in [5, 5.41) is 19.4. The molecule has 0 saturated carbocycles. The lowest BCUT2D eigenvalue weighted by Crippen LogP contribution is -2.34. The van der Waals surface area contributed by atoms with E-state index in [2.05, 4.69) is 6.58 Å². The Hall–Kier alpha value is -2.18. The third-order valence-electron chi connectivity index (χ3n) is 4.68. The average Bonchev–Trinajstić information content (AvgIpc) is 2.81. The standard InChI is InChI=1S/C20H26O6/c1-5-14(10-21)20(24)26-17-9-12(3)7-15(22)6-11(2)8-16-18(17)13(4)19(23)25-16/h5,7-8,15-18,21-22H,4,6,9-10H2,1-3H3/b11-8-,12-7-,14-5-/t15-,16+,17-,18-/m0/s1. The summed E-state index contributed by atoms with van der Waals surface area (Å²) in [5.74, 6) is -1.67. The van der Waals surface area contributed by atoms with Gasteiger partial charge in [0.15, 0.2) is 0 Å². The second-order valence-electron chi connectivity index (χ2n) is 6.84. The number of hydrogen-bond donors (Lipinski definition) is 2. The Labute approximate surface area is 153 Å². The molecular formula is C20H26O6. The molecule has 2 aliphatic rings. The predicted octanol–water partition coefficient (Wildman–Crippen LogP) is 1.98. The highest BCUT2D eigenvalue weighted by molar-refractivity contribution is 5.92. The van der Waals surface area contributed by atoms with Crippen molar-refractivity contribution in [3.63, 3.8) is 0 Å². The molecule has 0 aromatic carbocycles. The van der Waals surface area contributed by atoms with Gasteiger partial charge in [0.25, 0.3) is 0 Å². The number of hydrogen-bond acceptors (Lipinski definition) is 6. The van der Waals surface area contributed by atoms with E-state index in [-0.39, 0.29) is 11.1 Å². The fourth-order valence-electron chi connectivity index (χ4n) is 3.36. The fraction of sp³-hybridized carbons (Fsp3) is 0.500. The van der Waals surface area contributed by atoms with Crippen molar-refractivity contribution in [2.24, 2.45) is 5.92 Å². The molecule has 1 fully saturated rings. The first kappa shape index (κ1) is 20.1. The van der Waals surface area contributed by atoms with Crippen LogP contribution in [0.5, 0.6) is 0 Å². The average molecular weight is 362 g/mol. The molecule has 6 nitrogen and oxygen atoms in total. The topological polar surface area (TPSA) is 93.1 Å². The van der Waals surface area contributed by atoms with Gasteiger partial charge in [-0.3, -0.25) is 0 Å². The molecule has 0 aromatic rings. The van der Waals surface area contributed by atoms with Crippen LogP contribution in [0.15, 0.2) is 47.1 Å². The van der Waals surface area contributed by atoms with E-state index in [1.165, 1.54) is 6.08 Å². The number of carbonyl (C=O) groups is 2. The molecule has 1 aliphatic heterocycles. The number of rotatable bonds is 3. The molecule has 0 bridgehead atoms. The summed E-state index contributed by atoms with van der Waals surface area (Å²) >= 11 is 0. The summed E-state index contributed by atoms with van der Waals surface area (Å²) in [4.78, 5) is 24.4. The molecule has 2 rings (SSSR count). The van der Waals surface area contributed by atoms with Gasteiger partial charge in [0, 0.05) is 12.0 Å². The smallest absolute Gasteiger partial charge is 0.336 e. The second kappa shape index (κ2) is 8.47. The van der Waals surface area contributed by atoms with Crippen molar-refractivity contribution >= 4 is 11.9 Å². The van der Waals surface area contributed by atoms with E-state index in [0.29, 0.717) is 12.8 Å². The maximum Gasteiger partial charge on any atom is 0.336 e. The maximum absolute atomic E-state index is 12.3. The normalized spacial score (nSPS) is 34.1. The second-order valence-corrected chi connectivity index (χ2v) is 6.84. The van der Waals surface area contributed by atoms with E-state index >= 15 is 0 Å². The summed E-state index contributed by atoms with van der Waals surface area (Å²) in [6.45, 7) is 8.72. The van der Waals surface area contributed by atoms with Crippen LogP contribution in [0, 0.1) is 5.92 Å². The van der Waals surface area contributed by atoms with Crippen molar-refractivity contribution in [2.75, 3.05) is 6.61 Å². The van der Waals surface area contributed by atoms with E-state index in [4.69, 9.17) is 9.47 Å². The molecule has 1 aliphatic carbocycles. The SMILES string of the molecule is C=C1C(=O)O[C@@H]2/C=C(/C)C[C@H](O)/C=C(/C)C[C@H](OC(=O)/C(=C\C)CO)[C@@H]12. The Morgan fingerprint density at radius 2 is 2.00 bits per heavy atom. The number of esters is 2. The summed E-state index contributed by atoms with van der Waals surface area (Å²) < 4.78 is 11.0. The fourth-order valence-corrected chi connectivity index (χ4v) is 3.36. The largest absolute Gasteiger partial charge is 0.458 e. The minimum Gasteiger partial charge on any atom is -0.458 e. The lowest BCUT2D eigenvalue weighted by Gasteiger charge is -2.28. The van der Waals surface area contributed by atoms with Crippen LogP contribution >= 0.6 is 0 Å². The number of carbonyl (C=O) groups excluding carboxylic acids is 2. The van der Waals surface area contributed by atoms with Crippen LogP contribution in [-0.4, -0.2) is 47.1 Å². The Balaban J connectivity index is 2.41. The van der Waals surface area contributed by atoms with Gasteiger partial charge in [0.05, 0.1) is 24.2 Å². The Bertz CT molecular complexity index is 684. The lowest BCUT2D eigenvalue weighted by atomic mass is 9.85. The molecule has 0 aromatic heterocycles. The van der Waals surface area contributed by atoms with E-state index in [0.717, 1.165) is 11.1 Å². The van der Waals surface area contributed by atoms with E-state index < -0.39 is 42.8 Å². The van der Waals surface area contributed by atoms with Gasteiger partial charge < -0.3 is 19.7 Å². The molecule has 0 spiro atoms. The summed E-state index contributed by atoms with van der Waals surface area (Å²) in [6, 6.07) is 0. The first-order valence-electron chi connectivity index (χ1n) is 8.66. The van der Waals surface area contributed by atoms with Crippen LogP contribution in [-0.2, 0) is 19.1 Å². The van der Waals surface area contributed by atoms with Crippen molar-refractivity contribution in [2.45, 2.75) is 51.9 Å². The van der Waals surface area contributed by atoms with Crippen LogP contribution < -0.4 is 0 Å². The van der Waals surface area contributed by atoms with Crippen LogP contribution in [0.4, 0.5) is 0 Å². The number of fused-ring (bicyclic) bond motifs is 1. The van der Waals surface area contributed by atoms with Gasteiger partial charge >= 0.3 is 11.9 Å². The molecule has 4 atom stereocenters. The number of aliphatic hydroxyl groups excluding tert-OH is 2. The minimum atomic E-state index is -0.696. The van der Waals surface area contributed by atoms with E-state index in [9.17, 15) is 19.8 Å². The number of ether oxygens (including phenoxy) is 2. The van der Waals surface area contributed by atoms with Gasteiger partial charge in [-0.1, -0.05) is 29.9 Å². The predicted molar refractivity (Wildman–Crippen MR) is 96.0 cm³/mol. The number of allylic oxidation sites excluding steroid dienone is 1. The molecule has 2 N–H and O–H groups in total. The zero-order chi connectivity index (χ0) is 19.4. The summed E-state index contributed by atoms with van der Waals surface area (Å²) in [5.41, 5.74) is 2.11. The highest BCUT2D eigenvalue weighted by Gasteiger charge is 2.44. The highest BCUT2D eigenvalue weighted by Crippen LogP contribution is 2.36. The van der Waals surface area contributed by atoms with E-state index in [1.807, 2.05) is 13.8 Å². The first-order valence-corrected chi connectivity index (χ1v) is 8.66. The van der Waals surface area contributed by atoms with Crippen LogP contribution in [0.2, 0.25) is 0 Å². The summed E-state index contributed by atoms with van der Waals surface area (Å²) in [6.07, 6.45) is 3.79. The Morgan fingerprint density at radius 1 is 1.35 bits per heavy atom. The molecule has 26 heavy (non-hydrogen) atoms. The lowest BCUT2D eigenvalue weighted by molar-refractivity contribution is -0.147. The van der Waals surface area contributed by atoms with Crippen molar-refractivity contribution in [3.05, 3.63) is 47.1 Å². The molecule has 0 unspecified atom stereocenters. The molecule has 142 valence electrons. The zero-order valence-electron chi connectivity index (χ0n) is 15.4. The van der Waals surface area contributed by atoms with Crippen LogP contribution in [0.3, 0.4) is 0 Å². The monoisotopic (exact) mass is 362 g/mol. The molecule has 1 saturated heterocycles. The van der Waals surface area contributed by atoms with Crippen LogP contribution in [0.1, 0.15) is 33.6 Å². The van der Waals surface area contributed by atoms with Gasteiger partial charge in [-0.05, 0) is 33.3 Å². The van der Waals surface area contributed by atoms with Crippen molar-refractivity contribution < 1.29 is 29.3 Å². The zero-order valence-corrected chi connectivity index (χ0v) is 15.4. The molecule has 1 heterocycles. The van der Waals surface area contributed by atoms with Gasteiger partial charge in [-0.15, -0.1) is 0 Å².